The monoisotopic (exact) mass is 296 g/mol. The number of rotatable bonds is 6. The van der Waals surface area contributed by atoms with E-state index in [1.807, 2.05) is 6.92 Å². The predicted molar refractivity (Wildman–Crippen MR) is 76.5 cm³/mol. The zero-order valence-corrected chi connectivity index (χ0v) is 12.6. The van der Waals surface area contributed by atoms with E-state index in [0.29, 0.717) is 25.3 Å². The van der Waals surface area contributed by atoms with Crippen LogP contribution in [0.3, 0.4) is 0 Å². The number of carbonyl (C=O) groups excluding carboxylic acids is 1. The number of carbonyl (C=O) groups is 1. The molecule has 1 fully saturated rings. The Balaban J connectivity index is 2.19. The molecule has 0 radical (unpaired) electrons. The lowest BCUT2D eigenvalue weighted by molar-refractivity contribution is -0.130. The van der Waals surface area contributed by atoms with Gasteiger partial charge in [-0.2, -0.15) is 0 Å². The molecule has 0 spiro atoms. The molecule has 0 aromatic heterocycles. The Morgan fingerprint density at radius 3 is 2.81 bits per heavy atom. The van der Waals surface area contributed by atoms with Crippen molar-refractivity contribution in [1.82, 2.24) is 10.2 Å². The first-order chi connectivity index (χ1) is 10.1. The second-order valence-corrected chi connectivity index (χ2v) is 4.91. The highest BCUT2D eigenvalue weighted by Gasteiger charge is 2.36. The maximum absolute atomic E-state index is 13.9. The second-order valence-electron chi connectivity index (χ2n) is 4.91. The molecule has 1 aliphatic heterocycles. The van der Waals surface area contributed by atoms with Crippen LogP contribution in [0.25, 0.3) is 0 Å². The van der Waals surface area contributed by atoms with Crippen molar-refractivity contribution in [3.05, 3.63) is 29.6 Å². The number of halogens is 1. The number of nitrogens with one attached hydrogen (secondary N) is 1. The third kappa shape index (κ3) is 3.33. The van der Waals surface area contributed by atoms with Crippen molar-refractivity contribution in [3.63, 3.8) is 0 Å². The van der Waals surface area contributed by atoms with E-state index in [1.54, 1.807) is 24.0 Å². The topological polar surface area (TPSA) is 50.8 Å². The molecule has 0 saturated carbocycles. The average Bonchev–Trinajstić information content (AvgIpc) is 2.75. The molecule has 0 bridgehead atoms. The van der Waals surface area contributed by atoms with Crippen molar-refractivity contribution in [2.24, 2.45) is 0 Å². The third-order valence-electron chi connectivity index (χ3n) is 3.55. The Morgan fingerprint density at radius 1 is 1.43 bits per heavy atom. The Labute approximate surface area is 124 Å². The number of benzene rings is 1. The quantitative estimate of drug-likeness (QED) is 0.812. The Hall–Kier alpha value is -1.66. The largest absolute Gasteiger partial charge is 0.494 e. The molecule has 2 rings (SSSR count). The van der Waals surface area contributed by atoms with Crippen molar-refractivity contribution in [1.29, 1.82) is 0 Å². The Bertz CT molecular complexity index is 510. The van der Waals surface area contributed by atoms with Gasteiger partial charge < -0.3 is 14.4 Å². The smallest absolute Gasteiger partial charge is 0.241 e. The van der Waals surface area contributed by atoms with Gasteiger partial charge in [0.05, 0.1) is 19.8 Å². The van der Waals surface area contributed by atoms with Gasteiger partial charge in [0.25, 0.3) is 0 Å². The van der Waals surface area contributed by atoms with E-state index >= 15 is 0 Å². The van der Waals surface area contributed by atoms with Gasteiger partial charge >= 0.3 is 0 Å². The number of hydrogen-bond acceptors (Lipinski definition) is 4. The van der Waals surface area contributed by atoms with Gasteiger partial charge in [0, 0.05) is 13.2 Å². The summed E-state index contributed by atoms with van der Waals surface area (Å²) in [6.07, 6.45) is -0.339. The van der Waals surface area contributed by atoms with Crippen LogP contribution < -0.4 is 10.1 Å². The summed E-state index contributed by atoms with van der Waals surface area (Å²) in [6.45, 7) is 5.25. The SMILES string of the molecule is CCOCCN1C(=O)C(C)NC1c1ccc(OC)c(F)c1. The minimum absolute atomic E-state index is 0.00377. The first-order valence-electron chi connectivity index (χ1n) is 7.06. The summed E-state index contributed by atoms with van der Waals surface area (Å²) in [5.74, 6) is -0.249. The van der Waals surface area contributed by atoms with Crippen LogP contribution in [0.15, 0.2) is 18.2 Å². The Kier molecular flexibility index (Phi) is 5.14. The fourth-order valence-corrected chi connectivity index (χ4v) is 2.45. The molecule has 1 N–H and O–H groups in total. The summed E-state index contributed by atoms with van der Waals surface area (Å²) >= 11 is 0. The van der Waals surface area contributed by atoms with Gasteiger partial charge in [-0.1, -0.05) is 6.07 Å². The summed E-state index contributed by atoms with van der Waals surface area (Å²) in [4.78, 5) is 13.9. The molecule has 21 heavy (non-hydrogen) atoms. The summed E-state index contributed by atoms with van der Waals surface area (Å²) in [6, 6.07) is 4.44. The lowest BCUT2D eigenvalue weighted by Gasteiger charge is -2.24. The van der Waals surface area contributed by atoms with E-state index in [-0.39, 0.29) is 23.9 Å². The first kappa shape index (κ1) is 15.7. The molecule has 5 nitrogen and oxygen atoms in total. The summed E-state index contributed by atoms with van der Waals surface area (Å²) in [5.41, 5.74) is 0.697. The van der Waals surface area contributed by atoms with Gasteiger partial charge in [-0.25, -0.2) is 4.39 Å². The molecule has 116 valence electrons. The highest BCUT2D eigenvalue weighted by Crippen LogP contribution is 2.28. The van der Waals surface area contributed by atoms with Gasteiger partial charge in [0.15, 0.2) is 11.6 Å². The predicted octanol–water partition coefficient (Wildman–Crippen LogP) is 1.69. The summed E-state index contributed by atoms with van der Waals surface area (Å²) in [7, 11) is 1.42. The fourth-order valence-electron chi connectivity index (χ4n) is 2.45. The third-order valence-corrected chi connectivity index (χ3v) is 3.55. The van der Waals surface area contributed by atoms with E-state index in [1.165, 1.54) is 13.2 Å². The minimum Gasteiger partial charge on any atom is -0.494 e. The van der Waals surface area contributed by atoms with Crippen molar-refractivity contribution >= 4 is 5.91 Å². The molecule has 2 unspecified atom stereocenters. The van der Waals surface area contributed by atoms with Crippen LogP contribution in [0.4, 0.5) is 4.39 Å². The van der Waals surface area contributed by atoms with Crippen LogP contribution in [-0.2, 0) is 9.53 Å². The number of hydrogen-bond donors (Lipinski definition) is 1. The molecule has 1 saturated heterocycles. The van der Waals surface area contributed by atoms with Gasteiger partial charge in [0.2, 0.25) is 5.91 Å². The second kappa shape index (κ2) is 6.87. The van der Waals surface area contributed by atoms with Crippen molar-refractivity contribution in [2.45, 2.75) is 26.1 Å². The van der Waals surface area contributed by atoms with E-state index in [4.69, 9.17) is 9.47 Å². The molecule has 1 aliphatic rings. The van der Waals surface area contributed by atoms with Gasteiger partial charge in [-0.3, -0.25) is 10.1 Å². The molecule has 6 heteroatoms. The van der Waals surface area contributed by atoms with Crippen molar-refractivity contribution in [3.8, 4) is 5.75 Å². The Morgan fingerprint density at radius 2 is 2.19 bits per heavy atom. The summed E-state index contributed by atoms with van der Waals surface area (Å²) in [5, 5.41) is 3.17. The van der Waals surface area contributed by atoms with E-state index < -0.39 is 5.82 Å². The van der Waals surface area contributed by atoms with Crippen LogP contribution in [0.2, 0.25) is 0 Å². The fraction of sp³-hybridized carbons (Fsp3) is 0.533. The lowest BCUT2D eigenvalue weighted by atomic mass is 10.1. The number of amides is 1. The number of ether oxygens (including phenoxy) is 2. The maximum Gasteiger partial charge on any atom is 0.241 e. The number of methoxy groups -OCH3 is 1. The molecule has 1 heterocycles. The normalized spacial score (nSPS) is 21.9. The average molecular weight is 296 g/mol. The van der Waals surface area contributed by atoms with E-state index in [2.05, 4.69) is 5.32 Å². The van der Waals surface area contributed by atoms with Crippen LogP contribution in [0.1, 0.15) is 25.6 Å². The van der Waals surface area contributed by atoms with Crippen molar-refractivity contribution < 1.29 is 18.7 Å². The molecular weight excluding hydrogens is 275 g/mol. The highest BCUT2D eigenvalue weighted by atomic mass is 19.1. The zero-order valence-electron chi connectivity index (χ0n) is 12.6. The van der Waals surface area contributed by atoms with Crippen molar-refractivity contribution in [2.75, 3.05) is 26.9 Å². The molecule has 1 amide bonds. The van der Waals surface area contributed by atoms with Crippen LogP contribution in [-0.4, -0.2) is 43.7 Å². The number of nitrogens with zero attached hydrogens (tertiary/aromatic N) is 1. The van der Waals surface area contributed by atoms with E-state index in [9.17, 15) is 9.18 Å². The molecule has 2 atom stereocenters. The lowest BCUT2D eigenvalue weighted by Crippen LogP contribution is -2.33. The summed E-state index contributed by atoms with van der Waals surface area (Å²) < 4.78 is 24.1. The molecule has 1 aromatic carbocycles. The maximum atomic E-state index is 13.9. The minimum atomic E-state index is -0.437. The highest BCUT2D eigenvalue weighted by molar-refractivity contribution is 5.84. The van der Waals surface area contributed by atoms with Crippen LogP contribution in [0.5, 0.6) is 5.75 Å². The zero-order chi connectivity index (χ0) is 15.4. The van der Waals surface area contributed by atoms with E-state index in [0.717, 1.165) is 0 Å². The molecule has 1 aromatic rings. The van der Waals surface area contributed by atoms with Crippen LogP contribution >= 0.6 is 0 Å². The molecular formula is C15H21FN2O3. The molecule has 0 aliphatic carbocycles. The van der Waals surface area contributed by atoms with Gasteiger partial charge in [0.1, 0.15) is 6.17 Å². The first-order valence-corrected chi connectivity index (χ1v) is 7.06. The van der Waals surface area contributed by atoms with Gasteiger partial charge in [-0.15, -0.1) is 0 Å². The van der Waals surface area contributed by atoms with Gasteiger partial charge in [-0.05, 0) is 31.5 Å². The van der Waals surface area contributed by atoms with Crippen LogP contribution in [0, 0.1) is 5.82 Å². The standard InChI is InChI=1S/C15H21FN2O3/c1-4-21-8-7-18-14(17-10(2)15(18)19)11-5-6-13(20-3)12(16)9-11/h5-6,9-10,14,17H,4,7-8H2,1-3H3.